The van der Waals surface area contributed by atoms with E-state index >= 15 is 0 Å². The van der Waals surface area contributed by atoms with E-state index < -0.39 is 0 Å². The van der Waals surface area contributed by atoms with Gasteiger partial charge >= 0.3 is 0 Å². The Morgan fingerprint density at radius 2 is 2.09 bits per heavy atom. The minimum absolute atomic E-state index is 0.0927. The fourth-order valence-electron chi connectivity index (χ4n) is 3.52. The number of nitrogens with one attached hydrogen (secondary N) is 2. The summed E-state index contributed by atoms with van der Waals surface area (Å²) in [5.41, 5.74) is 0. The Kier molecular flexibility index (Phi) is 5.62. The number of fused-ring (bicyclic) bond motifs is 2. The number of amides is 1. The predicted octanol–water partition coefficient (Wildman–Crippen LogP) is 2.80. The van der Waals surface area contributed by atoms with Gasteiger partial charge in [-0.15, -0.1) is 0 Å². The van der Waals surface area contributed by atoms with Gasteiger partial charge in [0.2, 0.25) is 11.8 Å². The van der Waals surface area contributed by atoms with Crippen molar-refractivity contribution < 1.29 is 9.53 Å². The van der Waals surface area contributed by atoms with Crippen LogP contribution in [0.4, 0.5) is 0 Å². The molecular formula is C16H21Cl2N3O2. The van der Waals surface area contributed by atoms with E-state index in [2.05, 4.69) is 15.6 Å². The molecule has 0 aromatic carbocycles. The average molecular weight is 358 g/mol. The first-order valence-corrected chi connectivity index (χ1v) is 8.82. The Morgan fingerprint density at radius 3 is 2.78 bits per heavy atom. The standard InChI is InChI=1S/C16H21Cl2N3O2/c17-11-8-14(18)16(20-9-11)23-4-3-19-15(22)7-10-5-12-1-2-13(6-10)21-12/h8-10,12-13,21H,1-7H2,(H,19,22). The third-order valence-corrected chi connectivity index (χ3v) is 4.96. The molecule has 0 radical (unpaired) electrons. The van der Waals surface area contributed by atoms with Crippen LogP contribution in [-0.4, -0.2) is 36.1 Å². The lowest BCUT2D eigenvalue weighted by molar-refractivity contribution is -0.122. The fourth-order valence-corrected chi connectivity index (χ4v) is 3.96. The highest BCUT2D eigenvalue weighted by Crippen LogP contribution is 2.32. The van der Waals surface area contributed by atoms with Crippen molar-refractivity contribution in [3.05, 3.63) is 22.3 Å². The molecule has 2 N–H and O–H groups in total. The van der Waals surface area contributed by atoms with Gasteiger partial charge in [-0.3, -0.25) is 4.79 Å². The van der Waals surface area contributed by atoms with Gasteiger partial charge < -0.3 is 15.4 Å². The SMILES string of the molecule is O=C(CC1CC2CCC(C1)N2)NCCOc1ncc(Cl)cc1Cl. The molecule has 2 unspecified atom stereocenters. The molecule has 2 aliphatic heterocycles. The maximum atomic E-state index is 12.0. The first-order valence-electron chi connectivity index (χ1n) is 8.06. The lowest BCUT2D eigenvalue weighted by atomic mass is 9.89. The number of ether oxygens (including phenoxy) is 1. The van der Waals surface area contributed by atoms with E-state index in [0.717, 1.165) is 12.8 Å². The molecule has 23 heavy (non-hydrogen) atoms. The quantitative estimate of drug-likeness (QED) is 0.768. The van der Waals surface area contributed by atoms with Gasteiger partial charge in [-0.2, -0.15) is 0 Å². The Hall–Kier alpha value is -1.04. The highest BCUT2D eigenvalue weighted by Gasteiger charge is 2.34. The van der Waals surface area contributed by atoms with Crippen LogP contribution in [0.15, 0.2) is 12.3 Å². The maximum Gasteiger partial charge on any atom is 0.232 e. The van der Waals surface area contributed by atoms with Crippen LogP contribution in [0.2, 0.25) is 10.0 Å². The van der Waals surface area contributed by atoms with Gasteiger partial charge in [-0.25, -0.2) is 4.98 Å². The molecule has 3 heterocycles. The van der Waals surface area contributed by atoms with Crippen molar-refractivity contribution >= 4 is 29.1 Å². The van der Waals surface area contributed by atoms with Crippen LogP contribution in [-0.2, 0) is 4.79 Å². The summed E-state index contributed by atoms with van der Waals surface area (Å²) in [6.45, 7) is 0.773. The van der Waals surface area contributed by atoms with E-state index in [1.54, 1.807) is 6.07 Å². The molecule has 7 heteroatoms. The van der Waals surface area contributed by atoms with E-state index in [9.17, 15) is 4.79 Å². The van der Waals surface area contributed by atoms with Crippen molar-refractivity contribution in [2.45, 2.75) is 44.2 Å². The van der Waals surface area contributed by atoms with Gasteiger partial charge in [0.15, 0.2) is 0 Å². The zero-order chi connectivity index (χ0) is 16.2. The summed E-state index contributed by atoms with van der Waals surface area (Å²) in [7, 11) is 0. The van der Waals surface area contributed by atoms with Crippen LogP contribution in [0.5, 0.6) is 5.88 Å². The molecule has 1 amide bonds. The molecular weight excluding hydrogens is 337 g/mol. The number of halogens is 2. The highest BCUT2D eigenvalue weighted by molar-refractivity contribution is 6.35. The van der Waals surface area contributed by atoms with Crippen molar-refractivity contribution in [2.24, 2.45) is 5.92 Å². The second kappa shape index (κ2) is 7.69. The van der Waals surface area contributed by atoms with Crippen LogP contribution in [0, 0.1) is 5.92 Å². The Morgan fingerprint density at radius 1 is 1.35 bits per heavy atom. The highest BCUT2D eigenvalue weighted by atomic mass is 35.5. The molecule has 0 aliphatic carbocycles. The van der Waals surface area contributed by atoms with Crippen LogP contribution >= 0.6 is 23.2 Å². The lowest BCUT2D eigenvalue weighted by Gasteiger charge is -2.28. The molecule has 2 saturated heterocycles. The molecule has 1 aromatic rings. The zero-order valence-electron chi connectivity index (χ0n) is 12.9. The topological polar surface area (TPSA) is 63.2 Å². The minimum atomic E-state index is 0.0927. The molecule has 5 nitrogen and oxygen atoms in total. The zero-order valence-corrected chi connectivity index (χ0v) is 14.4. The van der Waals surface area contributed by atoms with Crippen molar-refractivity contribution in [2.75, 3.05) is 13.2 Å². The summed E-state index contributed by atoms with van der Waals surface area (Å²) >= 11 is 11.7. The van der Waals surface area contributed by atoms with Crippen molar-refractivity contribution in [1.82, 2.24) is 15.6 Å². The second-order valence-electron chi connectivity index (χ2n) is 6.32. The lowest BCUT2D eigenvalue weighted by Crippen LogP contribution is -2.40. The van der Waals surface area contributed by atoms with E-state index in [1.807, 2.05) is 0 Å². The van der Waals surface area contributed by atoms with Crippen molar-refractivity contribution in [3.63, 3.8) is 0 Å². The molecule has 1 aromatic heterocycles. The van der Waals surface area contributed by atoms with Gasteiger partial charge in [0, 0.05) is 24.7 Å². The maximum absolute atomic E-state index is 12.0. The number of carbonyl (C=O) groups is 1. The Bertz CT molecular complexity index is 558. The Balaban J connectivity index is 1.35. The molecule has 3 rings (SSSR count). The van der Waals surface area contributed by atoms with Crippen LogP contribution in [0.1, 0.15) is 32.1 Å². The summed E-state index contributed by atoms with van der Waals surface area (Å²) in [4.78, 5) is 16.0. The van der Waals surface area contributed by atoms with Crippen molar-refractivity contribution in [3.8, 4) is 5.88 Å². The van der Waals surface area contributed by atoms with E-state index in [-0.39, 0.29) is 5.91 Å². The molecule has 2 bridgehead atoms. The monoisotopic (exact) mass is 357 g/mol. The summed E-state index contributed by atoms with van der Waals surface area (Å²) in [6.07, 6.45) is 6.83. The van der Waals surface area contributed by atoms with Gasteiger partial charge in [0.05, 0.1) is 11.6 Å². The number of carbonyl (C=O) groups excluding carboxylic acids is 1. The van der Waals surface area contributed by atoms with Gasteiger partial charge in [0.1, 0.15) is 11.6 Å². The van der Waals surface area contributed by atoms with Crippen LogP contribution in [0.25, 0.3) is 0 Å². The van der Waals surface area contributed by atoms with E-state index in [4.69, 9.17) is 27.9 Å². The smallest absolute Gasteiger partial charge is 0.232 e. The number of hydrogen-bond acceptors (Lipinski definition) is 4. The number of pyridine rings is 1. The largest absolute Gasteiger partial charge is 0.475 e. The van der Waals surface area contributed by atoms with Gasteiger partial charge in [-0.05, 0) is 37.7 Å². The van der Waals surface area contributed by atoms with Crippen molar-refractivity contribution in [1.29, 1.82) is 0 Å². The number of rotatable bonds is 6. The van der Waals surface area contributed by atoms with E-state index in [0.29, 0.717) is 53.5 Å². The van der Waals surface area contributed by atoms with Gasteiger partial charge in [-0.1, -0.05) is 23.2 Å². The predicted molar refractivity (Wildman–Crippen MR) is 90.0 cm³/mol. The average Bonchev–Trinajstić information content (AvgIpc) is 2.84. The molecule has 2 atom stereocenters. The fraction of sp³-hybridized carbons (Fsp3) is 0.625. The number of piperidine rings is 1. The number of nitrogens with zero attached hydrogens (tertiary/aromatic N) is 1. The summed E-state index contributed by atoms with van der Waals surface area (Å²) in [5.74, 6) is 0.928. The molecule has 126 valence electrons. The third kappa shape index (κ3) is 4.72. The van der Waals surface area contributed by atoms with E-state index in [1.165, 1.54) is 19.0 Å². The molecule has 0 spiro atoms. The summed E-state index contributed by atoms with van der Waals surface area (Å²) in [5, 5.41) is 7.33. The van der Waals surface area contributed by atoms with Crippen LogP contribution < -0.4 is 15.4 Å². The second-order valence-corrected chi connectivity index (χ2v) is 7.16. The molecule has 2 aliphatic rings. The normalized spacial score (nSPS) is 26.1. The Labute approximate surface area is 146 Å². The molecule has 0 saturated carbocycles. The summed E-state index contributed by atoms with van der Waals surface area (Å²) in [6, 6.07) is 2.82. The number of hydrogen-bond donors (Lipinski definition) is 2. The first-order chi connectivity index (χ1) is 11.1. The molecule has 2 fully saturated rings. The first kappa shape index (κ1) is 16.8. The van der Waals surface area contributed by atoms with Gasteiger partial charge in [0.25, 0.3) is 0 Å². The third-order valence-electron chi connectivity index (χ3n) is 4.48. The van der Waals surface area contributed by atoms with Crippen LogP contribution in [0.3, 0.4) is 0 Å². The summed E-state index contributed by atoms with van der Waals surface area (Å²) < 4.78 is 5.45. The minimum Gasteiger partial charge on any atom is -0.475 e. The number of aromatic nitrogens is 1.